The standard InChI is InChI=1S/C20H31N4O8P/c21-17-16(20-9-7-5-3-1-2-4-6-8-13(20)23-19(20)27)22-11-24(17)18-15(26)14(25)12(32-18)10-31-33(28,29)30/h8,11-12,14-15,18,25-26H,1-7,9-10,21H2,(H,23,27)(H2,28,29,30). The number of aromatic nitrogens is 2. The average molecular weight is 486 g/mol. The molecule has 0 aromatic carbocycles. The minimum absolute atomic E-state index is 0.124. The van der Waals surface area contributed by atoms with E-state index >= 15 is 0 Å². The lowest BCUT2D eigenvalue weighted by atomic mass is 9.69. The second kappa shape index (κ2) is 9.46. The molecule has 1 aliphatic carbocycles. The van der Waals surface area contributed by atoms with Gasteiger partial charge in [0.05, 0.1) is 12.9 Å². The van der Waals surface area contributed by atoms with Gasteiger partial charge >= 0.3 is 7.82 Å². The molecule has 12 nitrogen and oxygen atoms in total. The van der Waals surface area contributed by atoms with Crippen LogP contribution in [0.15, 0.2) is 18.1 Å². The summed E-state index contributed by atoms with van der Waals surface area (Å²) in [7, 11) is -4.78. The van der Waals surface area contributed by atoms with Crippen molar-refractivity contribution in [1.29, 1.82) is 0 Å². The molecule has 184 valence electrons. The summed E-state index contributed by atoms with van der Waals surface area (Å²) in [5, 5.41) is 23.7. The number of nitrogen functional groups attached to an aromatic ring is 1. The van der Waals surface area contributed by atoms with E-state index < -0.39 is 44.4 Å². The monoisotopic (exact) mass is 486 g/mol. The maximum atomic E-state index is 12.9. The van der Waals surface area contributed by atoms with Gasteiger partial charge in [-0.15, -0.1) is 0 Å². The average Bonchev–Trinajstić information content (AvgIpc) is 3.25. The topological polar surface area (TPSA) is 189 Å². The highest BCUT2D eigenvalue weighted by molar-refractivity contribution is 7.46. The van der Waals surface area contributed by atoms with Crippen molar-refractivity contribution in [2.24, 2.45) is 0 Å². The van der Waals surface area contributed by atoms with Crippen LogP contribution in [0.1, 0.15) is 63.3 Å². The molecule has 3 aliphatic rings. The van der Waals surface area contributed by atoms with E-state index in [1.807, 2.05) is 6.08 Å². The number of β-lactam (4-membered cyclic amide) rings is 1. The SMILES string of the molecule is Nc1c(C23CCCCCCCCC=C2NC3=O)ncn1C1OC(COP(=O)(O)O)C(O)C1O. The lowest BCUT2D eigenvalue weighted by Crippen LogP contribution is -2.60. The van der Waals surface area contributed by atoms with Crippen molar-refractivity contribution in [2.45, 2.75) is 81.3 Å². The summed E-state index contributed by atoms with van der Waals surface area (Å²) in [6.45, 7) is -0.625. The van der Waals surface area contributed by atoms with Crippen molar-refractivity contribution in [3.63, 3.8) is 0 Å². The van der Waals surface area contributed by atoms with Crippen LogP contribution in [0.2, 0.25) is 0 Å². The first kappa shape index (κ1) is 24.3. The normalized spacial score (nSPS) is 33.5. The second-order valence-electron chi connectivity index (χ2n) is 8.86. The van der Waals surface area contributed by atoms with Gasteiger partial charge in [0, 0.05) is 5.70 Å². The van der Waals surface area contributed by atoms with Gasteiger partial charge in [0.15, 0.2) is 6.23 Å². The summed E-state index contributed by atoms with van der Waals surface area (Å²) in [6, 6.07) is 0. The van der Waals surface area contributed by atoms with Gasteiger partial charge < -0.3 is 35.8 Å². The molecule has 0 saturated carbocycles. The molecule has 4 rings (SSSR count). The van der Waals surface area contributed by atoms with Crippen molar-refractivity contribution in [1.82, 2.24) is 14.9 Å². The smallest absolute Gasteiger partial charge is 0.387 e. The molecule has 1 aromatic heterocycles. The van der Waals surface area contributed by atoms with E-state index in [1.54, 1.807) is 0 Å². The van der Waals surface area contributed by atoms with Gasteiger partial charge in [-0.05, 0) is 19.3 Å². The minimum atomic E-state index is -4.78. The largest absolute Gasteiger partial charge is 0.469 e. The zero-order valence-corrected chi connectivity index (χ0v) is 19.1. The molecule has 7 N–H and O–H groups in total. The van der Waals surface area contributed by atoms with Gasteiger partial charge in [-0.25, -0.2) is 9.55 Å². The highest BCUT2D eigenvalue weighted by Crippen LogP contribution is 2.46. The van der Waals surface area contributed by atoms with Gasteiger partial charge in [-0.1, -0.05) is 38.2 Å². The van der Waals surface area contributed by atoms with E-state index in [0.717, 1.165) is 44.2 Å². The van der Waals surface area contributed by atoms with Crippen LogP contribution in [0.5, 0.6) is 0 Å². The number of fused-ring (bicyclic) bond motifs is 1. The Labute approximate surface area is 191 Å². The van der Waals surface area contributed by atoms with Gasteiger partial charge in [-0.3, -0.25) is 13.9 Å². The summed E-state index contributed by atoms with van der Waals surface area (Å²) in [4.78, 5) is 35.1. The van der Waals surface area contributed by atoms with E-state index in [-0.39, 0.29) is 11.7 Å². The second-order valence-corrected chi connectivity index (χ2v) is 10.1. The fraction of sp³-hybridized carbons (Fsp3) is 0.700. The van der Waals surface area contributed by atoms with Crippen LogP contribution in [0.25, 0.3) is 0 Å². The zero-order valence-electron chi connectivity index (χ0n) is 18.2. The van der Waals surface area contributed by atoms with E-state index in [9.17, 15) is 19.6 Å². The lowest BCUT2D eigenvalue weighted by Gasteiger charge is -2.43. The maximum absolute atomic E-state index is 12.9. The fourth-order valence-corrected chi connectivity index (χ4v) is 5.22. The molecule has 1 amide bonds. The van der Waals surface area contributed by atoms with Crippen molar-refractivity contribution in [2.75, 3.05) is 12.3 Å². The molecule has 2 saturated heterocycles. The Morgan fingerprint density at radius 3 is 2.61 bits per heavy atom. The number of imidazole rings is 1. The zero-order chi connectivity index (χ0) is 23.8. The highest BCUT2D eigenvalue weighted by Gasteiger charge is 2.55. The molecule has 2 fully saturated rings. The van der Waals surface area contributed by atoms with E-state index in [4.69, 9.17) is 20.3 Å². The molecule has 0 radical (unpaired) electrons. The third-order valence-electron chi connectivity index (χ3n) is 6.70. The number of aliphatic hydroxyl groups is 2. The minimum Gasteiger partial charge on any atom is -0.387 e. The van der Waals surface area contributed by atoms with E-state index in [2.05, 4.69) is 14.8 Å². The molecule has 3 heterocycles. The van der Waals surface area contributed by atoms with E-state index in [0.29, 0.717) is 12.1 Å². The number of nitrogens with one attached hydrogen (secondary N) is 1. The van der Waals surface area contributed by atoms with Crippen LogP contribution in [-0.2, 0) is 24.0 Å². The first-order valence-electron chi connectivity index (χ1n) is 11.2. The number of nitrogens with two attached hydrogens (primary N) is 1. The first-order chi connectivity index (χ1) is 15.6. The Bertz CT molecular complexity index is 962. The Hall–Kier alpha value is -1.79. The number of carbonyl (C=O) groups is 1. The summed E-state index contributed by atoms with van der Waals surface area (Å²) in [5.74, 6) is -0.0516. The first-order valence-corrected chi connectivity index (χ1v) is 12.7. The molecule has 0 spiro atoms. The molecule has 5 atom stereocenters. The number of hydrogen-bond acceptors (Lipinski definition) is 8. The van der Waals surface area contributed by atoms with Gasteiger partial charge in [-0.2, -0.15) is 0 Å². The number of anilines is 1. The number of allylic oxidation sites excluding steroid dienone is 1. The number of amides is 1. The number of rotatable bonds is 5. The quantitative estimate of drug-likeness (QED) is 0.254. The van der Waals surface area contributed by atoms with Crippen LogP contribution >= 0.6 is 7.82 Å². The van der Waals surface area contributed by atoms with E-state index in [1.165, 1.54) is 17.3 Å². The fourth-order valence-electron chi connectivity index (χ4n) is 4.88. The van der Waals surface area contributed by atoms with Gasteiger partial charge in [0.25, 0.3) is 0 Å². The summed E-state index contributed by atoms with van der Waals surface area (Å²) in [6.07, 6.45) is 5.80. The predicted molar refractivity (Wildman–Crippen MR) is 115 cm³/mol. The van der Waals surface area contributed by atoms with Crippen molar-refractivity contribution in [3.8, 4) is 0 Å². The molecule has 2 aliphatic heterocycles. The van der Waals surface area contributed by atoms with Crippen LogP contribution in [-0.4, -0.2) is 60.4 Å². The molecule has 0 bridgehead atoms. The van der Waals surface area contributed by atoms with Crippen molar-refractivity contribution in [3.05, 3.63) is 23.8 Å². The third kappa shape index (κ3) is 4.61. The Balaban J connectivity index is 1.61. The Morgan fingerprint density at radius 2 is 1.91 bits per heavy atom. The number of nitrogens with zero attached hydrogens (tertiary/aromatic N) is 2. The van der Waals surface area contributed by atoms with Crippen molar-refractivity contribution < 1.29 is 38.6 Å². The Kier molecular flexibility index (Phi) is 6.97. The molecule has 1 aromatic rings. The number of phosphoric acid groups is 1. The third-order valence-corrected chi connectivity index (χ3v) is 7.19. The van der Waals surface area contributed by atoms with Crippen LogP contribution in [0.3, 0.4) is 0 Å². The predicted octanol–water partition coefficient (Wildman–Crippen LogP) is 0.580. The maximum Gasteiger partial charge on any atom is 0.469 e. The molecule has 33 heavy (non-hydrogen) atoms. The van der Waals surface area contributed by atoms with Crippen LogP contribution in [0, 0.1) is 0 Å². The van der Waals surface area contributed by atoms with Crippen molar-refractivity contribution >= 4 is 19.5 Å². The summed E-state index contributed by atoms with van der Waals surface area (Å²) >= 11 is 0. The van der Waals surface area contributed by atoms with Crippen LogP contribution < -0.4 is 11.1 Å². The van der Waals surface area contributed by atoms with Gasteiger partial charge in [0.1, 0.15) is 35.2 Å². The summed E-state index contributed by atoms with van der Waals surface area (Å²) < 4.78 is 22.3. The number of phosphoric ester groups is 1. The number of hydrogen-bond donors (Lipinski definition) is 6. The number of carbonyl (C=O) groups excluding carboxylic acids is 1. The lowest BCUT2D eigenvalue weighted by molar-refractivity contribution is -0.130. The van der Waals surface area contributed by atoms with Crippen LogP contribution in [0.4, 0.5) is 5.82 Å². The van der Waals surface area contributed by atoms with Gasteiger partial charge in [0.2, 0.25) is 5.91 Å². The molecular weight excluding hydrogens is 455 g/mol. The molecular formula is C20H31N4O8P. The summed E-state index contributed by atoms with van der Waals surface area (Å²) in [5.41, 5.74) is 6.58. The number of ether oxygens (including phenoxy) is 1. The molecule has 5 unspecified atom stereocenters. The number of aliphatic hydroxyl groups excluding tert-OH is 2. The highest BCUT2D eigenvalue weighted by atomic mass is 31.2. The molecule has 13 heteroatoms. The Morgan fingerprint density at radius 1 is 1.21 bits per heavy atom.